The van der Waals surface area contributed by atoms with Crippen molar-refractivity contribution in [2.24, 2.45) is 5.41 Å². The fourth-order valence-electron chi connectivity index (χ4n) is 7.60. The van der Waals surface area contributed by atoms with Gasteiger partial charge in [0.15, 0.2) is 0 Å². The number of β-amino-alcohol motifs (C(OH)–C–C–N with tert-alkyl or cyclic N) is 1. The van der Waals surface area contributed by atoms with E-state index >= 15 is 0 Å². The van der Waals surface area contributed by atoms with E-state index in [9.17, 15) is 19.5 Å². The van der Waals surface area contributed by atoms with Gasteiger partial charge in [-0.3, -0.25) is 14.4 Å². The van der Waals surface area contributed by atoms with Crippen molar-refractivity contribution in [3.05, 3.63) is 101 Å². The van der Waals surface area contributed by atoms with Gasteiger partial charge in [-0.2, -0.15) is 0 Å². The van der Waals surface area contributed by atoms with Gasteiger partial charge in [-0.15, -0.1) is 22.7 Å². The predicted molar refractivity (Wildman–Crippen MR) is 256 cm³/mol. The van der Waals surface area contributed by atoms with Gasteiger partial charge in [0.05, 0.1) is 52.2 Å². The maximum Gasteiger partial charge on any atom is 0.246 e. The van der Waals surface area contributed by atoms with Gasteiger partial charge in [0.1, 0.15) is 41.9 Å². The number of fused-ring (bicyclic) bond motifs is 1. The molecule has 1 aliphatic rings. The summed E-state index contributed by atoms with van der Waals surface area (Å²) < 4.78 is 18.3. The molecule has 1 aliphatic heterocycles. The Hall–Kier alpha value is -5.78. The quantitative estimate of drug-likeness (QED) is 0.0756. The molecule has 3 N–H and O–H groups in total. The first kappa shape index (κ1) is 47.2. The zero-order valence-corrected chi connectivity index (χ0v) is 39.6. The smallest absolute Gasteiger partial charge is 0.246 e. The molecule has 6 aromatic rings. The van der Waals surface area contributed by atoms with E-state index < -0.39 is 35.4 Å². The second-order valence-corrected chi connectivity index (χ2v) is 19.3. The summed E-state index contributed by atoms with van der Waals surface area (Å²) in [7, 11) is 3.95. The predicted octanol–water partition coefficient (Wildman–Crippen LogP) is 7.05. The lowest BCUT2D eigenvalue weighted by molar-refractivity contribution is -0.144. The fraction of sp³-hybridized carbons (Fsp3) is 0.388. The Kier molecular flexibility index (Phi) is 15.3. The second-order valence-electron chi connectivity index (χ2n) is 17.4. The molecule has 1 saturated heterocycles. The standard InChI is InChI=1S/C49H57N7O7S2/c1-30-22-34(35-13-17-42(50-26-35)55(6)7)12-15-38(30)47-53-39-16-14-37(24-41(39)65-47)63-21-20-61-18-19-62-28-43(58)54-45(49(3,4)5)48(60)56-27-36(57)23-40(56)46(59)51-25-32-8-10-33(11-9-32)44-31(2)52-29-64-44/h8-17,22,24,26,29,36,40,45,57H,18-21,23,25,27-28H2,1-7H3,(H,51,59)(H,54,58)/t36-,40+,45-/m1/s1. The maximum absolute atomic E-state index is 14.0. The Morgan fingerprint density at radius 1 is 0.908 bits per heavy atom. The number of rotatable bonds is 18. The van der Waals surface area contributed by atoms with Crippen molar-refractivity contribution in [3.8, 4) is 37.9 Å². The monoisotopic (exact) mass is 919 g/mol. The molecule has 16 heteroatoms. The largest absolute Gasteiger partial charge is 0.491 e. The average Bonchev–Trinajstić information content (AvgIpc) is 4.03. The van der Waals surface area contributed by atoms with Crippen molar-refractivity contribution < 1.29 is 33.7 Å². The Labute approximate surface area is 388 Å². The van der Waals surface area contributed by atoms with E-state index in [4.69, 9.17) is 19.2 Å². The minimum Gasteiger partial charge on any atom is -0.491 e. The Morgan fingerprint density at radius 2 is 1.65 bits per heavy atom. The summed E-state index contributed by atoms with van der Waals surface area (Å²) in [6, 6.07) is 22.4. The lowest BCUT2D eigenvalue weighted by Gasteiger charge is -2.35. The molecule has 14 nitrogen and oxygen atoms in total. The first-order chi connectivity index (χ1) is 31.1. The molecule has 1 fully saturated rings. The second kappa shape index (κ2) is 21.0. The molecule has 3 atom stereocenters. The van der Waals surface area contributed by atoms with Gasteiger partial charge < -0.3 is 39.8 Å². The number of carbonyl (C=O) groups is 3. The van der Waals surface area contributed by atoms with Crippen LogP contribution in [0, 0.1) is 19.3 Å². The molecule has 3 aromatic heterocycles. The van der Waals surface area contributed by atoms with Crippen molar-refractivity contribution in [1.29, 1.82) is 0 Å². The maximum atomic E-state index is 14.0. The molecule has 65 heavy (non-hydrogen) atoms. The van der Waals surface area contributed by atoms with Crippen LogP contribution in [0.15, 0.2) is 84.5 Å². The van der Waals surface area contributed by atoms with Crippen LogP contribution in [0.3, 0.4) is 0 Å². The van der Waals surface area contributed by atoms with Gasteiger partial charge in [0.25, 0.3) is 0 Å². The molecule has 0 bridgehead atoms. The van der Waals surface area contributed by atoms with E-state index in [-0.39, 0.29) is 45.2 Å². The van der Waals surface area contributed by atoms with Crippen LogP contribution in [-0.2, 0) is 30.4 Å². The third-order valence-electron chi connectivity index (χ3n) is 11.2. The summed E-state index contributed by atoms with van der Waals surface area (Å²) in [5.41, 5.74) is 9.32. The number of pyridine rings is 1. The summed E-state index contributed by atoms with van der Waals surface area (Å²) in [4.78, 5) is 58.6. The zero-order valence-electron chi connectivity index (χ0n) is 37.9. The van der Waals surface area contributed by atoms with Gasteiger partial charge in [-0.1, -0.05) is 63.2 Å². The molecule has 0 saturated carbocycles. The minimum atomic E-state index is -0.961. The lowest BCUT2D eigenvalue weighted by atomic mass is 9.85. The first-order valence-electron chi connectivity index (χ1n) is 21.6. The summed E-state index contributed by atoms with van der Waals surface area (Å²) >= 11 is 3.19. The number of nitrogens with zero attached hydrogens (tertiary/aromatic N) is 5. The van der Waals surface area contributed by atoms with Crippen molar-refractivity contribution in [2.45, 2.75) is 65.8 Å². The average molecular weight is 920 g/mol. The number of aliphatic hydroxyl groups excluding tert-OH is 1. The van der Waals surface area contributed by atoms with Gasteiger partial charge in [0.2, 0.25) is 17.7 Å². The Balaban J connectivity index is 0.823. The Morgan fingerprint density at radius 3 is 2.34 bits per heavy atom. The third-order valence-corrected chi connectivity index (χ3v) is 13.2. The third kappa shape index (κ3) is 11.9. The molecule has 0 spiro atoms. The summed E-state index contributed by atoms with van der Waals surface area (Å²) in [6.45, 7) is 10.6. The number of hydrogen-bond acceptors (Lipinski definition) is 13. The number of aryl methyl sites for hydroxylation is 2. The highest BCUT2D eigenvalue weighted by Gasteiger charge is 2.44. The van der Waals surface area contributed by atoms with E-state index in [1.54, 1.807) is 22.7 Å². The van der Waals surface area contributed by atoms with E-state index in [0.29, 0.717) is 19.0 Å². The molecule has 7 rings (SSSR count). The molecule has 342 valence electrons. The zero-order chi connectivity index (χ0) is 46.3. The molecule has 4 heterocycles. The number of benzene rings is 3. The number of aromatic nitrogens is 3. The van der Waals surface area contributed by atoms with E-state index in [1.807, 2.05) is 107 Å². The van der Waals surface area contributed by atoms with Crippen LogP contribution in [0.25, 0.3) is 42.4 Å². The number of aliphatic hydroxyl groups is 1. The van der Waals surface area contributed by atoms with Crippen molar-refractivity contribution in [1.82, 2.24) is 30.5 Å². The van der Waals surface area contributed by atoms with E-state index in [1.165, 1.54) is 4.90 Å². The molecule has 0 aliphatic carbocycles. The molecule has 0 unspecified atom stereocenters. The first-order valence-corrected chi connectivity index (χ1v) is 23.3. The van der Waals surface area contributed by atoms with Gasteiger partial charge in [0, 0.05) is 50.9 Å². The van der Waals surface area contributed by atoms with Crippen LogP contribution >= 0.6 is 22.7 Å². The van der Waals surface area contributed by atoms with Gasteiger partial charge >= 0.3 is 0 Å². The van der Waals surface area contributed by atoms with E-state index in [0.717, 1.165) is 65.0 Å². The molecule has 0 radical (unpaired) electrons. The topological polar surface area (TPSA) is 168 Å². The highest BCUT2D eigenvalue weighted by Crippen LogP contribution is 2.36. The number of anilines is 1. The van der Waals surface area contributed by atoms with Crippen molar-refractivity contribution in [2.75, 3.05) is 58.6 Å². The van der Waals surface area contributed by atoms with Crippen molar-refractivity contribution >= 4 is 56.4 Å². The lowest BCUT2D eigenvalue weighted by Crippen LogP contribution is -2.58. The summed E-state index contributed by atoms with van der Waals surface area (Å²) in [6.07, 6.45) is 1.13. The number of thiazole rings is 2. The highest BCUT2D eigenvalue weighted by molar-refractivity contribution is 7.21. The van der Waals surface area contributed by atoms with Crippen LogP contribution in [0.5, 0.6) is 5.75 Å². The highest BCUT2D eigenvalue weighted by atomic mass is 32.1. The SMILES string of the molecule is Cc1cc(-c2ccc(N(C)C)nc2)ccc1-c1nc2ccc(OCCOCCOCC(=O)N[C@H](C(=O)N3C[C@H](O)C[C@H]3C(=O)NCc3ccc(-c4scnc4C)cc3)C(C)(C)C)cc2s1. The number of nitrogens with one attached hydrogen (secondary N) is 2. The molecular weight excluding hydrogens is 863 g/mol. The number of amides is 3. The van der Waals surface area contributed by atoms with Crippen LogP contribution in [-0.4, -0.2) is 115 Å². The molecule has 3 aromatic carbocycles. The minimum absolute atomic E-state index is 0.0116. The van der Waals surface area contributed by atoms with Gasteiger partial charge in [-0.25, -0.2) is 15.0 Å². The van der Waals surface area contributed by atoms with E-state index in [2.05, 4.69) is 51.8 Å². The summed E-state index contributed by atoms with van der Waals surface area (Å²) in [5, 5.41) is 17.2. The van der Waals surface area contributed by atoms with Crippen LogP contribution < -0.4 is 20.3 Å². The number of likely N-dealkylation sites (tertiary alicyclic amines) is 1. The fourth-order valence-corrected chi connectivity index (χ4v) is 9.50. The number of hydrogen-bond donors (Lipinski definition) is 3. The van der Waals surface area contributed by atoms with Crippen LogP contribution in [0.4, 0.5) is 5.82 Å². The van der Waals surface area contributed by atoms with Crippen LogP contribution in [0.2, 0.25) is 0 Å². The molecule has 3 amide bonds. The molecular formula is C49H57N7O7S2. The van der Waals surface area contributed by atoms with Crippen LogP contribution in [0.1, 0.15) is 44.0 Å². The number of ether oxygens (including phenoxy) is 3. The van der Waals surface area contributed by atoms with Gasteiger partial charge in [-0.05, 0) is 71.8 Å². The number of carbonyl (C=O) groups excluding carboxylic acids is 3. The van der Waals surface area contributed by atoms with Crippen molar-refractivity contribution in [3.63, 3.8) is 0 Å². The normalized spacial score (nSPS) is 15.5. The Bertz CT molecular complexity index is 2590. The summed E-state index contributed by atoms with van der Waals surface area (Å²) in [5.74, 6) is 0.350.